The minimum Gasteiger partial charge on any atom is -0.462 e. The van der Waals surface area contributed by atoms with Crippen molar-refractivity contribution in [2.24, 2.45) is 0 Å². The van der Waals surface area contributed by atoms with Crippen LogP contribution in [0.3, 0.4) is 0 Å². The van der Waals surface area contributed by atoms with Crippen LogP contribution >= 0.6 is 11.6 Å². The van der Waals surface area contributed by atoms with E-state index in [-0.39, 0.29) is 12.1 Å². The quantitative estimate of drug-likeness (QED) is 0.503. The fourth-order valence-electron chi connectivity index (χ4n) is 1.46. The summed E-state index contributed by atoms with van der Waals surface area (Å²) in [5.41, 5.74) is 0. The molecule has 70 valence electrons. The smallest absolute Gasteiger partial charge is 0.306 e. The normalized spacial score (nSPS) is 18.1. The molecule has 0 aromatic carbocycles. The molecule has 0 amide bonds. The standard InChI is InChI=1S/C9H15ClO2/c10-7-3-6-9(11)12-8-4-1-2-5-8/h8H,1-7H2. The van der Waals surface area contributed by atoms with Gasteiger partial charge in [-0.05, 0) is 32.1 Å². The van der Waals surface area contributed by atoms with E-state index in [4.69, 9.17) is 16.3 Å². The van der Waals surface area contributed by atoms with Crippen molar-refractivity contribution in [2.45, 2.75) is 44.6 Å². The Bertz CT molecular complexity index is 141. The molecule has 0 aliphatic heterocycles. The summed E-state index contributed by atoms with van der Waals surface area (Å²) in [5, 5.41) is 0. The fourth-order valence-corrected chi connectivity index (χ4v) is 1.60. The van der Waals surface area contributed by atoms with E-state index in [1.54, 1.807) is 0 Å². The monoisotopic (exact) mass is 190 g/mol. The maximum atomic E-state index is 11.1. The first-order chi connectivity index (χ1) is 5.83. The van der Waals surface area contributed by atoms with Crippen molar-refractivity contribution in [1.29, 1.82) is 0 Å². The Kier molecular flexibility index (Phi) is 4.44. The lowest BCUT2D eigenvalue weighted by Crippen LogP contribution is -2.14. The highest BCUT2D eigenvalue weighted by Gasteiger charge is 2.18. The molecule has 1 aliphatic rings. The van der Waals surface area contributed by atoms with Crippen molar-refractivity contribution >= 4 is 17.6 Å². The number of halogens is 1. The highest BCUT2D eigenvalue weighted by molar-refractivity contribution is 6.17. The fraction of sp³-hybridized carbons (Fsp3) is 0.889. The van der Waals surface area contributed by atoms with Crippen LogP contribution in [0.1, 0.15) is 38.5 Å². The lowest BCUT2D eigenvalue weighted by atomic mass is 10.3. The summed E-state index contributed by atoms with van der Waals surface area (Å²) in [6.45, 7) is 0. The maximum Gasteiger partial charge on any atom is 0.306 e. The Morgan fingerprint density at radius 2 is 2.08 bits per heavy atom. The zero-order chi connectivity index (χ0) is 8.81. The molecule has 0 unspecified atom stereocenters. The lowest BCUT2D eigenvalue weighted by Gasteiger charge is -2.10. The highest BCUT2D eigenvalue weighted by Crippen LogP contribution is 2.21. The molecule has 0 bridgehead atoms. The van der Waals surface area contributed by atoms with E-state index in [2.05, 4.69) is 0 Å². The molecule has 3 heteroatoms. The van der Waals surface area contributed by atoms with E-state index < -0.39 is 0 Å². The van der Waals surface area contributed by atoms with E-state index >= 15 is 0 Å². The van der Waals surface area contributed by atoms with Crippen LogP contribution in [0.5, 0.6) is 0 Å². The summed E-state index contributed by atoms with van der Waals surface area (Å²) in [5.74, 6) is 0.460. The second-order valence-electron chi connectivity index (χ2n) is 3.19. The molecule has 1 rings (SSSR count). The van der Waals surface area contributed by atoms with Gasteiger partial charge >= 0.3 is 5.97 Å². The molecule has 1 fully saturated rings. The first-order valence-corrected chi connectivity index (χ1v) is 5.12. The first-order valence-electron chi connectivity index (χ1n) is 4.58. The van der Waals surface area contributed by atoms with E-state index in [0.717, 1.165) is 19.3 Å². The Balaban J connectivity index is 2.08. The molecule has 0 radical (unpaired) electrons. The Labute approximate surface area is 78.2 Å². The topological polar surface area (TPSA) is 26.3 Å². The molecular formula is C9H15ClO2. The molecule has 1 aliphatic carbocycles. The molecule has 0 heterocycles. The van der Waals surface area contributed by atoms with Crippen LogP contribution in [-0.4, -0.2) is 18.0 Å². The highest BCUT2D eigenvalue weighted by atomic mass is 35.5. The second-order valence-corrected chi connectivity index (χ2v) is 3.57. The van der Waals surface area contributed by atoms with Gasteiger partial charge < -0.3 is 4.74 Å². The summed E-state index contributed by atoms with van der Waals surface area (Å²) < 4.78 is 5.22. The third-order valence-corrected chi connectivity index (χ3v) is 2.38. The average molecular weight is 191 g/mol. The maximum absolute atomic E-state index is 11.1. The van der Waals surface area contributed by atoms with E-state index in [1.807, 2.05) is 0 Å². The van der Waals surface area contributed by atoms with Crippen molar-refractivity contribution in [3.8, 4) is 0 Å². The van der Waals surface area contributed by atoms with Crippen molar-refractivity contribution in [3.05, 3.63) is 0 Å². The molecule has 1 saturated carbocycles. The van der Waals surface area contributed by atoms with Crippen molar-refractivity contribution in [1.82, 2.24) is 0 Å². The number of esters is 1. The Hall–Kier alpha value is -0.240. The van der Waals surface area contributed by atoms with E-state index in [0.29, 0.717) is 12.3 Å². The van der Waals surface area contributed by atoms with Crippen molar-refractivity contribution in [2.75, 3.05) is 5.88 Å². The first kappa shape index (κ1) is 9.85. The van der Waals surface area contributed by atoms with Crippen LogP contribution in [0, 0.1) is 0 Å². The van der Waals surface area contributed by atoms with Gasteiger partial charge in [0.25, 0.3) is 0 Å². The number of rotatable bonds is 4. The number of hydrogen-bond acceptors (Lipinski definition) is 2. The minimum absolute atomic E-state index is 0.0810. The number of hydrogen-bond donors (Lipinski definition) is 0. The minimum atomic E-state index is -0.0810. The van der Waals surface area contributed by atoms with Gasteiger partial charge in [0.05, 0.1) is 0 Å². The van der Waals surface area contributed by atoms with Crippen LogP contribution < -0.4 is 0 Å². The second kappa shape index (κ2) is 5.41. The third kappa shape index (κ3) is 3.44. The molecule has 0 N–H and O–H groups in total. The summed E-state index contributed by atoms with van der Waals surface area (Å²) in [6.07, 6.45) is 5.90. The summed E-state index contributed by atoms with van der Waals surface area (Å²) in [4.78, 5) is 11.1. The molecule has 0 saturated heterocycles. The number of alkyl halides is 1. The lowest BCUT2D eigenvalue weighted by molar-refractivity contribution is -0.148. The average Bonchev–Trinajstić information content (AvgIpc) is 2.53. The molecular weight excluding hydrogens is 176 g/mol. The van der Waals surface area contributed by atoms with Gasteiger partial charge in [0.2, 0.25) is 0 Å². The number of carbonyl (C=O) groups is 1. The van der Waals surface area contributed by atoms with Gasteiger partial charge in [-0.15, -0.1) is 11.6 Å². The van der Waals surface area contributed by atoms with Gasteiger partial charge in [0.15, 0.2) is 0 Å². The van der Waals surface area contributed by atoms with Gasteiger partial charge in [-0.2, -0.15) is 0 Å². The Morgan fingerprint density at radius 1 is 1.42 bits per heavy atom. The zero-order valence-corrected chi connectivity index (χ0v) is 7.98. The predicted octanol–water partition coefficient (Wildman–Crippen LogP) is 2.49. The van der Waals surface area contributed by atoms with Crippen molar-refractivity contribution in [3.63, 3.8) is 0 Å². The molecule has 0 aromatic heterocycles. The zero-order valence-electron chi connectivity index (χ0n) is 7.22. The Morgan fingerprint density at radius 3 is 2.67 bits per heavy atom. The third-order valence-electron chi connectivity index (χ3n) is 2.11. The molecule has 2 nitrogen and oxygen atoms in total. The molecule has 12 heavy (non-hydrogen) atoms. The summed E-state index contributed by atoms with van der Waals surface area (Å²) in [7, 11) is 0. The summed E-state index contributed by atoms with van der Waals surface area (Å²) >= 11 is 5.45. The van der Waals surface area contributed by atoms with E-state index in [1.165, 1.54) is 12.8 Å². The predicted molar refractivity (Wildman–Crippen MR) is 48.3 cm³/mol. The summed E-state index contributed by atoms with van der Waals surface area (Å²) in [6, 6.07) is 0. The largest absolute Gasteiger partial charge is 0.462 e. The van der Waals surface area contributed by atoms with Gasteiger partial charge in [-0.3, -0.25) is 4.79 Å². The van der Waals surface area contributed by atoms with Crippen LogP contribution in [0.2, 0.25) is 0 Å². The van der Waals surface area contributed by atoms with Crippen LogP contribution in [0.15, 0.2) is 0 Å². The van der Waals surface area contributed by atoms with E-state index in [9.17, 15) is 4.79 Å². The van der Waals surface area contributed by atoms with Crippen LogP contribution in [-0.2, 0) is 9.53 Å². The number of ether oxygens (including phenoxy) is 1. The van der Waals surface area contributed by atoms with Crippen LogP contribution in [0.4, 0.5) is 0 Å². The molecule has 0 atom stereocenters. The van der Waals surface area contributed by atoms with Gasteiger partial charge in [0.1, 0.15) is 6.10 Å². The number of carbonyl (C=O) groups excluding carboxylic acids is 1. The molecule has 0 spiro atoms. The van der Waals surface area contributed by atoms with Gasteiger partial charge in [-0.25, -0.2) is 0 Å². The van der Waals surface area contributed by atoms with Crippen molar-refractivity contribution < 1.29 is 9.53 Å². The molecule has 0 aromatic rings. The van der Waals surface area contributed by atoms with Gasteiger partial charge in [-0.1, -0.05) is 0 Å². The van der Waals surface area contributed by atoms with Gasteiger partial charge in [0, 0.05) is 12.3 Å². The van der Waals surface area contributed by atoms with Crippen LogP contribution in [0.25, 0.3) is 0 Å². The SMILES string of the molecule is O=C(CCCCl)OC1CCCC1.